The highest BCUT2D eigenvalue weighted by Crippen LogP contribution is 2.28. The summed E-state index contributed by atoms with van der Waals surface area (Å²) in [6.07, 6.45) is 0.809. The second-order valence-electron chi connectivity index (χ2n) is 3.63. The molecule has 1 N–H and O–H groups in total. The van der Waals surface area contributed by atoms with Crippen LogP contribution in [0.15, 0.2) is 12.1 Å². The van der Waals surface area contributed by atoms with Crippen LogP contribution < -0.4 is 4.74 Å². The van der Waals surface area contributed by atoms with Gasteiger partial charge in [0.15, 0.2) is 6.29 Å². The van der Waals surface area contributed by atoms with Gasteiger partial charge in [-0.2, -0.15) is 0 Å². The van der Waals surface area contributed by atoms with Gasteiger partial charge in [0.25, 0.3) is 0 Å². The molecule has 1 aromatic heterocycles. The van der Waals surface area contributed by atoms with Crippen LogP contribution in [-0.2, 0) is 0 Å². The van der Waals surface area contributed by atoms with E-state index in [0.717, 1.165) is 22.9 Å². The monoisotopic (exact) mass is 203 g/mol. The number of aromatic nitrogens is 1. The second kappa shape index (κ2) is 3.42. The van der Waals surface area contributed by atoms with Crippen molar-refractivity contribution >= 4 is 17.2 Å². The predicted molar refractivity (Wildman–Crippen MR) is 59.7 cm³/mol. The van der Waals surface area contributed by atoms with Crippen molar-refractivity contribution in [2.24, 2.45) is 0 Å². The van der Waals surface area contributed by atoms with E-state index in [-0.39, 0.29) is 0 Å². The van der Waals surface area contributed by atoms with Gasteiger partial charge in [0.2, 0.25) is 0 Å². The number of aryl methyl sites for hydroxylation is 2. The maximum Gasteiger partial charge on any atom is 0.153 e. The lowest BCUT2D eigenvalue weighted by Gasteiger charge is -2.03. The Bertz CT molecular complexity index is 526. The van der Waals surface area contributed by atoms with Gasteiger partial charge < -0.3 is 9.72 Å². The Balaban J connectivity index is 2.80. The van der Waals surface area contributed by atoms with E-state index in [1.165, 1.54) is 5.56 Å². The molecule has 0 spiro atoms. The summed E-state index contributed by atoms with van der Waals surface area (Å²) in [6, 6.07) is 3.72. The number of rotatable bonds is 2. The van der Waals surface area contributed by atoms with E-state index in [9.17, 15) is 4.79 Å². The second-order valence-corrected chi connectivity index (χ2v) is 3.63. The van der Waals surface area contributed by atoms with E-state index in [0.29, 0.717) is 11.3 Å². The fourth-order valence-electron chi connectivity index (χ4n) is 1.78. The highest BCUT2D eigenvalue weighted by molar-refractivity contribution is 5.93. The van der Waals surface area contributed by atoms with Crippen LogP contribution in [0.25, 0.3) is 10.9 Å². The normalized spacial score (nSPS) is 10.6. The molecular weight excluding hydrogens is 190 g/mol. The number of hydrogen-bond acceptors (Lipinski definition) is 2. The number of fused-ring (bicyclic) bond motifs is 1. The molecule has 0 amide bonds. The minimum Gasteiger partial charge on any atom is -0.496 e. The first kappa shape index (κ1) is 9.77. The van der Waals surface area contributed by atoms with Crippen molar-refractivity contribution < 1.29 is 9.53 Å². The Morgan fingerprint density at radius 3 is 2.67 bits per heavy atom. The van der Waals surface area contributed by atoms with Crippen molar-refractivity contribution in [3.05, 3.63) is 29.0 Å². The average Bonchev–Trinajstić information content (AvgIpc) is 2.53. The van der Waals surface area contributed by atoms with Crippen molar-refractivity contribution in [3.63, 3.8) is 0 Å². The van der Waals surface area contributed by atoms with Gasteiger partial charge >= 0.3 is 0 Å². The number of nitrogens with one attached hydrogen (secondary N) is 1. The number of carbonyl (C=O) groups excluding carboxylic acids is 1. The van der Waals surface area contributed by atoms with Crippen molar-refractivity contribution in [3.8, 4) is 5.75 Å². The third-order valence-electron chi connectivity index (χ3n) is 2.79. The smallest absolute Gasteiger partial charge is 0.153 e. The van der Waals surface area contributed by atoms with Gasteiger partial charge in [0, 0.05) is 16.6 Å². The number of H-pyrrole nitrogens is 1. The zero-order valence-corrected chi connectivity index (χ0v) is 9.05. The van der Waals surface area contributed by atoms with Gasteiger partial charge in [0.05, 0.1) is 12.7 Å². The van der Waals surface area contributed by atoms with Crippen molar-refractivity contribution in [1.29, 1.82) is 0 Å². The van der Waals surface area contributed by atoms with Gasteiger partial charge in [-0.25, -0.2) is 0 Å². The van der Waals surface area contributed by atoms with Crippen molar-refractivity contribution in [2.45, 2.75) is 13.8 Å². The molecule has 0 aliphatic heterocycles. The summed E-state index contributed by atoms with van der Waals surface area (Å²) < 4.78 is 5.16. The largest absolute Gasteiger partial charge is 0.496 e. The van der Waals surface area contributed by atoms with E-state index < -0.39 is 0 Å². The number of benzene rings is 1. The molecule has 3 nitrogen and oxygen atoms in total. The Morgan fingerprint density at radius 1 is 1.33 bits per heavy atom. The molecule has 0 saturated heterocycles. The van der Waals surface area contributed by atoms with Crippen LogP contribution in [0.4, 0.5) is 0 Å². The standard InChI is InChI=1S/C12H13NO2/c1-7-8(2)13-11-4-9(6-14)12(15-3)5-10(7)11/h4-6,13H,1-3H3. The summed E-state index contributed by atoms with van der Waals surface area (Å²) in [5.74, 6) is 0.625. The molecule has 1 aromatic carbocycles. The lowest BCUT2D eigenvalue weighted by Crippen LogP contribution is -1.90. The average molecular weight is 203 g/mol. The lowest BCUT2D eigenvalue weighted by molar-refractivity contribution is 0.112. The fourth-order valence-corrected chi connectivity index (χ4v) is 1.78. The zero-order chi connectivity index (χ0) is 11.0. The molecule has 0 atom stereocenters. The molecule has 2 aromatic rings. The van der Waals surface area contributed by atoms with E-state index in [4.69, 9.17) is 4.74 Å². The minimum absolute atomic E-state index is 0.575. The first-order chi connectivity index (χ1) is 7.17. The minimum atomic E-state index is 0.575. The van der Waals surface area contributed by atoms with Gasteiger partial charge in [-0.15, -0.1) is 0 Å². The van der Waals surface area contributed by atoms with Crippen LogP contribution in [-0.4, -0.2) is 18.4 Å². The summed E-state index contributed by atoms with van der Waals surface area (Å²) in [7, 11) is 1.57. The SMILES string of the molecule is COc1cc2c(C)c(C)[nH]c2cc1C=O. The molecule has 2 rings (SSSR count). The van der Waals surface area contributed by atoms with Gasteiger partial charge in [-0.05, 0) is 31.5 Å². The highest BCUT2D eigenvalue weighted by atomic mass is 16.5. The summed E-state index contributed by atoms with van der Waals surface area (Å²) in [5, 5.41) is 1.11. The third kappa shape index (κ3) is 1.40. The summed E-state index contributed by atoms with van der Waals surface area (Å²) in [5.41, 5.74) is 3.87. The maximum absolute atomic E-state index is 10.8. The Hall–Kier alpha value is -1.77. The van der Waals surface area contributed by atoms with Crippen LogP contribution >= 0.6 is 0 Å². The molecule has 0 aliphatic carbocycles. The molecule has 3 heteroatoms. The van der Waals surface area contributed by atoms with Crippen LogP contribution in [0.2, 0.25) is 0 Å². The first-order valence-electron chi connectivity index (χ1n) is 4.79. The highest BCUT2D eigenvalue weighted by Gasteiger charge is 2.09. The number of aromatic amines is 1. The predicted octanol–water partition coefficient (Wildman–Crippen LogP) is 2.61. The maximum atomic E-state index is 10.8. The summed E-state index contributed by atoms with van der Waals surface area (Å²) >= 11 is 0. The Morgan fingerprint density at radius 2 is 2.07 bits per heavy atom. The number of carbonyl (C=O) groups is 1. The van der Waals surface area contributed by atoms with Crippen molar-refractivity contribution in [1.82, 2.24) is 4.98 Å². The molecule has 78 valence electrons. The summed E-state index contributed by atoms with van der Waals surface area (Å²) in [4.78, 5) is 14.1. The molecule has 15 heavy (non-hydrogen) atoms. The number of aldehydes is 1. The number of methoxy groups -OCH3 is 1. The topological polar surface area (TPSA) is 42.1 Å². The van der Waals surface area contributed by atoms with Crippen LogP contribution in [0.5, 0.6) is 5.75 Å². The zero-order valence-electron chi connectivity index (χ0n) is 9.05. The van der Waals surface area contributed by atoms with Gasteiger partial charge in [0.1, 0.15) is 5.75 Å². The molecule has 0 bridgehead atoms. The van der Waals surface area contributed by atoms with E-state index in [2.05, 4.69) is 4.98 Å². The van der Waals surface area contributed by atoms with Gasteiger partial charge in [-0.1, -0.05) is 0 Å². The first-order valence-corrected chi connectivity index (χ1v) is 4.79. The van der Waals surface area contributed by atoms with E-state index >= 15 is 0 Å². The fraction of sp³-hybridized carbons (Fsp3) is 0.250. The quantitative estimate of drug-likeness (QED) is 0.762. The van der Waals surface area contributed by atoms with E-state index in [1.54, 1.807) is 7.11 Å². The molecule has 1 heterocycles. The molecule has 0 unspecified atom stereocenters. The molecule has 0 radical (unpaired) electrons. The molecule has 0 saturated carbocycles. The molecular formula is C12H13NO2. The van der Waals surface area contributed by atoms with Crippen LogP contribution in [0.1, 0.15) is 21.6 Å². The number of ether oxygens (including phenoxy) is 1. The molecule has 0 aliphatic rings. The Kier molecular flexibility index (Phi) is 2.23. The van der Waals surface area contributed by atoms with Crippen LogP contribution in [0.3, 0.4) is 0 Å². The lowest BCUT2D eigenvalue weighted by atomic mass is 10.1. The van der Waals surface area contributed by atoms with E-state index in [1.807, 2.05) is 26.0 Å². The molecule has 0 fully saturated rings. The van der Waals surface area contributed by atoms with Crippen LogP contribution in [0, 0.1) is 13.8 Å². The third-order valence-corrected chi connectivity index (χ3v) is 2.79. The van der Waals surface area contributed by atoms with Gasteiger partial charge in [-0.3, -0.25) is 4.79 Å². The Labute approximate surface area is 88.1 Å². The summed E-state index contributed by atoms with van der Waals surface area (Å²) in [6.45, 7) is 4.07. The van der Waals surface area contributed by atoms with Crippen molar-refractivity contribution in [2.75, 3.05) is 7.11 Å². The number of hydrogen-bond donors (Lipinski definition) is 1.